The Morgan fingerprint density at radius 1 is 1.50 bits per heavy atom. The maximum absolute atomic E-state index is 12.9. The van der Waals surface area contributed by atoms with Crippen molar-refractivity contribution in [3.05, 3.63) is 41.7 Å². The van der Waals surface area contributed by atoms with E-state index in [4.69, 9.17) is 11.6 Å². The van der Waals surface area contributed by atoms with Gasteiger partial charge in [-0.1, -0.05) is 17.7 Å². The number of carbonyl (C=O) groups excluding carboxylic acids is 1. The second-order valence-electron chi connectivity index (χ2n) is 3.52. The van der Waals surface area contributed by atoms with Gasteiger partial charge >= 0.3 is 0 Å². The quantitative estimate of drug-likeness (QED) is 0.844. The molecule has 0 atom stereocenters. The molecule has 4 nitrogen and oxygen atoms in total. The molecule has 98 valence electrons. The number of nitrogens with one attached hydrogen (secondary N) is 1. The Kier molecular flexibility index (Phi) is 4.86. The molecule has 1 aromatic carbocycles. The van der Waals surface area contributed by atoms with Gasteiger partial charge in [-0.3, -0.25) is 4.79 Å². The van der Waals surface area contributed by atoms with Crippen LogP contribution < -0.4 is 5.32 Å². The predicted octanol–water partition coefficient (Wildman–Crippen LogP) is 2.02. The molecule has 0 heterocycles. The summed E-state index contributed by atoms with van der Waals surface area (Å²) in [6.07, 6.45) is 1.21. The van der Waals surface area contributed by atoms with Gasteiger partial charge in [-0.2, -0.15) is 0 Å². The average molecular weight is 292 g/mol. The van der Waals surface area contributed by atoms with Gasteiger partial charge in [0.1, 0.15) is 11.6 Å². The van der Waals surface area contributed by atoms with Gasteiger partial charge in [-0.05, 0) is 18.2 Å². The highest BCUT2D eigenvalue weighted by Crippen LogP contribution is 2.19. The number of halogens is 2. The summed E-state index contributed by atoms with van der Waals surface area (Å²) in [7, 11) is -3.51. The minimum atomic E-state index is -3.51. The van der Waals surface area contributed by atoms with E-state index in [-0.39, 0.29) is 16.5 Å². The molecule has 0 fully saturated rings. The summed E-state index contributed by atoms with van der Waals surface area (Å²) in [5, 5.41) is 2.17. The highest BCUT2D eigenvalue weighted by atomic mass is 35.5. The van der Waals surface area contributed by atoms with Gasteiger partial charge < -0.3 is 5.32 Å². The van der Waals surface area contributed by atoms with Crippen molar-refractivity contribution in [3.63, 3.8) is 0 Å². The molecule has 18 heavy (non-hydrogen) atoms. The summed E-state index contributed by atoms with van der Waals surface area (Å²) >= 11 is 5.52. The normalized spacial score (nSPS) is 11.0. The first-order valence-electron chi connectivity index (χ1n) is 4.90. The third-order valence-corrected chi connectivity index (χ3v) is 3.66. The van der Waals surface area contributed by atoms with Crippen LogP contribution >= 0.6 is 11.6 Å². The van der Waals surface area contributed by atoms with E-state index in [0.717, 1.165) is 6.07 Å². The number of hydrogen-bond donors (Lipinski definition) is 1. The van der Waals surface area contributed by atoms with Gasteiger partial charge in [0, 0.05) is 5.69 Å². The number of amides is 1. The van der Waals surface area contributed by atoms with E-state index >= 15 is 0 Å². The topological polar surface area (TPSA) is 63.2 Å². The van der Waals surface area contributed by atoms with Crippen LogP contribution in [0.3, 0.4) is 0 Å². The van der Waals surface area contributed by atoms with Crippen molar-refractivity contribution in [1.29, 1.82) is 0 Å². The molecule has 1 rings (SSSR count). The zero-order valence-corrected chi connectivity index (χ0v) is 10.9. The largest absolute Gasteiger partial charge is 0.325 e. The monoisotopic (exact) mass is 291 g/mol. The van der Waals surface area contributed by atoms with Crippen LogP contribution in [0.1, 0.15) is 0 Å². The lowest BCUT2D eigenvalue weighted by molar-refractivity contribution is -0.113. The second kappa shape index (κ2) is 5.97. The van der Waals surface area contributed by atoms with Crippen molar-refractivity contribution in [2.45, 2.75) is 0 Å². The van der Waals surface area contributed by atoms with E-state index < -0.39 is 27.3 Å². The van der Waals surface area contributed by atoms with Crippen molar-refractivity contribution in [2.75, 3.05) is 16.8 Å². The lowest BCUT2D eigenvalue weighted by atomic mass is 10.3. The summed E-state index contributed by atoms with van der Waals surface area (Å²) in [6, 6.07) is 3.57. The summed E-state index contributed by atoms with van der Waals surface area (Å²) in [6.45, 7) is 3.29. The highest BCUT2D eigenvalue weighted by molar-refractivity contribution is 7.92. The van der Waals surface area contributed by atoms with Gasteiger partial charge in [-0.15, -0.1) is 6.58 Å². The van der Waals surface area contributed by atoms with Crippen molar-refractivity contribution < 1.29 is 17.6 Å². The van der Waals surface area contributed by atoms with Crippen LogP contribution in [0.5, 0.6) is 0 Å². The Labute approximate surface area is 109 Å². The number of carbonyl (C=O) groups is 1. The minimum Gasteiger partial charge on any atom is -0.325 e. The SMILES string of the molecule is C=CCS(=O)(=O)CC(=O)Nc1ccc(F)c(Cl)c1. The lowest BCUT2D eigenvalue weighted by Crippen LogP contribution is -2.24. The highest BCUT2D eigenvalue weighted by Gasteiger charge is 2.15. The molecule has 0 aliphatic heterocycles. The van der Waals surface area contributed by atoms with E-state index in [1.807, 2.05) is 0 Å². The number of rotatable bonds is 5. The van der Waals surface area contributed by atoms with Crippen LogP contribution in [0.2, 0.25) is 5.02 Å². The molecule has 1 aromatic rings. The maximum atomic E-state index is 12.9. The van der Waals surface area contributed by atoms with Gasteiger partial charge in [0.2, 0.25) is 5.91 Å². The fourth-order valence-electron chi connectivity index (χ4n) is 1.21. The van der Waals surface area contributed by atoms with Crippen molar-refractivity contribution in [2.24, 2.45) is 0 Å². The summed E-state index contributed by atoms with van der Waals surface area (Å²) in [5.41, 5.74) is 0.236. The molecule has 0 aromatic heterocycles. The standard InChI is InChI=1S/C11H11ClFNO3S/c1-2-5-18(16,17)7-11(15)14-8-3-4-10(13)9(12)6-8/h2-4,6H,1,5,7H2,(H,14,15). The van der Waals surface area contributed by atoms with Gasteiger partial charge in [0.05, 0.1) is 10.8 Å². The first-order chi connectivity index (χ1) is 8.34. The van der Waals surface area contributed by atoms with Crippen LogP contribution in [0.4, 0.5) is 10.1 Å². The molecule has 0 spiro atoms. The van der Waals surface area contributed by atoms with Crippen LogP contribution in [0.15, 0.2) is 30.9 Å². The van der Waals surface area contributed by atoms with Gasteiger partial charge in [0.15, 0.2) is 9.84 Å². The average Bonchev–Trinajstić information content (AvgIpc) is 2.22. The summed E-state index contributed by atoms with van der Waals surface area (Å²) < 4.78 is 35.5. The van der Waals surface area contributed by atoms with Gasteiger partial charge in [-0.25, -0.2) is 12.8 Å². The number of sulfone groups is 1. The van der Waals surface area contributed by atoms with Crippen molar-refractivity contribution in [3.8, 4) is 0 Å². The van der Waals surface area contributed by atoms with E-state index in [1.54, 1.807) is 0 Å². The fraction of sp³-hybridized carbons (Fsp3) is 0.182. The van der Waals surface area contributed by atoms with Crippen molar-refractivity contribution in [1.82, 2.24) is 0 Å². The van der Waals surface area contributed by atoms with Crippen molar-refractivity contribution >= 4 is 33.0 Å². The Morgan fingerprint density at radius 3 is 2.72 bits per heavy atom. The minimum absolute atomic E-state index is 0.151. The summed E-state index contributed by atoms with van der Waals surface area (Å²) in [5.74, 6) is -2.26. The molecule has 0 bridgehead atoms. The van der Waals surface area contributed by atoms with Crippen LogP contribution in [-0.4, -0.2) is 25.8 Å². The number of anilines is 1. The van der Waals surface area contributed by atoms with E-state index in [1.165, 1.54) is 18.2 Å². The lowest BCUT2D eigenvalue weighted by Gasteiger charge is -2.06. The zero-order chi connectivity index (χ0) is 13.8. The third-order valence-electron chi connectivity index (χ3n) is 1.93. The molecule has 0 radical (unpaired) electrons. The number of hydrogen-bond acceptors (Lipinski definition) is 3. The van der Waals surface area contributed by atoms with Crippen LogP contribution in [0, 0.1) is 5.82 Å². The third kappa shape index (κ3) is 4.46. The Hall–Kier alpha value is -1.40. The molecule has 0 aliphatic carbocycles. The molecule has 0 aliphatic rings. The molecule has 0 saturated carbocycles. The first kappa shape index (κ1) is 14.7. The van der Waals surface area contributed by atoms with Crippen LogP contribution in [0.25, 0.3) is 0 Å². The molecular weight excluding hydrogens is 281 g/mol. The van der Waals surface area contributed by atoms with E-state index in [2.05, 4.69) is 11.9 Å². The molecule has 7 heteroatoms. The summed E-state index contributed by atoms with van der Waals surface area (Å²) in [4.78, 5) is 11.4. The Bertz CT molecular complexity index is 572. The zero-order valence-electron chi connectivity index (χ0n) is 9.32. The van der Waals surface area contributed by atoms with E-state index in [0.29, 0.717) is 0 Å². The first-order valence-corrected chi connectivity index (χ1v) is 7.10. The Morgan fingerprint density at radius 2 is 2.17 bits per heavy atom. The molecule has 0 unspecified atom stereocenters. The number of benzene rings is 1. The van der Waals surface area contributed by atoms with Gasteiger partial charge in [0.25, 0.3) is 0 Å². The second-order valence-corrected chi connectivity index (χ2v) is 6.04. The molecular formula is C11H11ClFNO3S. The van der Waals surface area contributed by atoms with Crippen LogP contribution in [-0.2, 0) is 14.6 Å². The smallest absolute Gasteiger partial charge is 0.239 e. The predicted molar refractivity (Wildman–Crippen MR) is 68.9 cm³/mol. The molecule has 1 amide bonds. The maximum Gasteiger partial charge on any atom is 0.239 e. The Balaban J connectivity index is 2.70. The molecule has 1 N–H and O–H groups in total. The van der Waals surface area contributed by atoms with E-state index in [9.17, 15) is 17.6 Å². The molecule has 0 saturated heterocycles. The fourth-order valence-corrected chi connectivity index (χ4v) is 2.34.